The molecule has 132 valence electrons. The highest BCUT2D eigenvalue weighted by Gasteiger charge is 2.16. The van der Waals surface area contributed by atoms with Gasteiger partial charge >= 0.3 is 0 Å². The van der Waals surface area contributed by atoms with Crippen molar-refractivity contribution in [2.75, 3.05) is 25.0 Å². The maximum atomic E-state index is 12.0. The van der Waals surface area contributed by atoms with Gasteiger partial charge in [0.15, 0.2) is 0 Å². The molecule has 0 radical (unpaired) electrons. The van der Waals surface area contributed by atoms with E-state index in [4.69, 9.17) is 0 Å². The van der Waals surface area contributed by atoms with Crippen molar-refractivity contribution >= 4 is 17.5 Å². The van der Waals surface area contributed by atoms with E-state index in [9.17, 15) is 9.59 Å². The summed E-state index contributed by atoms with van der Waals surface area (Å²) in [5.74, 6) is 0.312. The third kappa shape index (κ3) is 6.71. The molecule has 0 aliphatic carbocycles. The number of rotatable bonds is 8. The minimum Gasteiger partial charge on any atom is -0.343 e. The van der Waals surface area contributed by atoms with Gasteiger partial charge < -0.3 is 15.5 Å². The molecular formula is C19H29N3O2. The molecule has 1 aliphatic heterocycles. The fourth-order valence-electron chi connectivity index (χ4n) is 2.98. The molecule has 1 atom stereocenters. The molecule has 0 spiro atoms. The number of nitrogens with one attached hydrogen (secondary N) is 2. The third-order valence-electron chi connectivity index (χ3n) is 4.32. The summed E-state index contributed by atoms with van der Waals surface area (Å²) in [5.41, 5.74) is 0.828. The van der Waals surface area contributed by atoms with Gasteiger partial charge in [0.05, 0.1) is 0 Å². The quantitative estimate of drug-likeness (QED) is 0.720. The number of carbonyl (C=O) groups is 2. The molecule has 1 heterocycles. The summed E-state index contributed by atoms with van der Waals surface area (Å²) < 4.78 is 0. The van der Waals surface area contributed by atoms with Crippen LogP contribution in [0.2, 0.25) is 0 Å². The summed E-state index contributed by atoms with van der Waals surface area (Å²) >= 11 is 0. The Kier molecular flexibility index (Phi) is 7.75. The second-order valence-corrected chi connectivity index (χ2v) is 6.52. The molecule has 1 fully saturated rings. The predicted molar refractivity (Wildman–Crippen MR) is 96.8 cm³/mol. The average Bonchev–Trinajstić information content (AvgIpc) is 2.77. The Morgan fingerprint density at radius 2 is 2.00 bits per heavy atom. The minimum absolute atomic E-state index is 0.0175. The fraction of sp³-hybridized carbons (Fsp3) is 0.579. The van der Waals surface area contributed by atoms with Gasteiger partial charge in [0, 0.05) is 37.7 Å². The van der Waals surface area contributed by atoms with E-state index in [2.05, 4.69) is 10.6 Å². The number of hydrogen-bond acceptors (Lipinski definition) is 3. The van der Waals surface area contributed by atoms with Gasteiger partial charge in [-0.25, -0.2) is 0 Å². The highest BCUT2D eigenvalue weighted by atomic mass is 16.2. The first-order chi connectivity index (χ1) is 11.6. The van der Waals surface area contributed by atoms with Gasteiger partial charge in [-0.1, -0.05) is 24.6 Å². The molecule has 0 unspecified atom stereocenters. The number of anilines is 1. The Bertz CT molecular complexity index is 519. The van der Waals surface area contributed by atoms with Crippen molar-refractivity contribution in [1.82, 2.24) is 10.2 Å². The number of para-hydroxylation sites is 1. The normalized spacial score (nSPS) is 16.5. The molecule has 2 rings (SSSR count). The molecule has 2 amide bonds. The van der Waals surface area contributed by atoms with Crippen molar-refractivity contribution in [2.45, 2.75) is 51.5 Å². The minimum atomic E-state index is 0.0175. The molecule has 0 aromatic heterocycles. The number of nitrogens with zero attached hydrogens (tertiary/aromatic N) is 1. The van der Waals surface area contributed by atoms with E-state index in [1.54, 1.807) is 0 Å². The van der Waals surface area contributed by atoms with Crippen LogP contribution < -0.4 is 10.6 Å². The van der Waals surface area contributed by atoms with Crippen LogP contribution in [0.3, 0.4) is 0 Å². The van der Waals surface area contributed by atoms with Gasteiger partial charge in [-0.05, 0) is 44.9 Å². The lowest BCUT2D eigenvalue weighted by Crippen LogP contribution is -2.35. The zero-order valence-corrected chi connectivity index (χ0v) is 14.6. The summed E-state index contributed by atoms with van der Waals surface area (Å²) in [6.45, 7) is 4.55. The highest BCUT2D eigenvalue weighted by molar-refractivity contribution is 5.91. The van der Waals surface area contributed by atoms with Gasteiger partial charge in [0.2, 0.25) is 11.8 Å². The molecule has 1 saturated heterocycles. The van der Waals surface area contributed by atoms with Gasteiger partial charge in [-0.3, -0.25) is 9.59 Å². The van der Waals surface area contributed by atoms with Gasteiger partial charge in [0.25, 0.3) is 0 Å². The van der Waals surface area contributed by atoms with Crippen LogP contribution in [0, 0.1) is 0 Å². The summed E-state index contributed by atoms with van der Waals surface area (Å²) in [6, 6.07) is 9.62. The Morgan fingerprint density at radius 3 is 2.79 bits per heavy atom. The molecule has 0 saturated carbocycles. The molecule has 0 bridgehead atoms. The van der Waals surface area contributed by atoms with Crippen LogP contribution in [0.1, 0.15) is 45.4 Å². The molecular weight excluding hydrogens is 302 g/mol. The number of hydrogen-bond donors (Lipinski definition) is 2. The molecule has 1 aromatic rings. The Labute approximate surface area is 144 Å². The van der Waals surface area contributed by atoms with Gasteiger partial charge in [-0.2, -0.15) is 0 Å². The predicted octanol–water partition coefficient (Wildman–Crippen LogP) is 2.79. The Balaban J connectivity index is 1.59. The lowest BCUT2D eigenvalue weighted by Gasteiger charge is -2.21. The summed E-state index contributed by atoms with van der Waals surface area (Å²) in [7, 11) is 0. The first-order valence-electron chi connectivity index (χ1n) is 9.01. The van der Waals surface area contributed by atoms with Crippen molar-refractivity contribution in [2.24, 2.45) is 0 Å². The van der Waals surface area contributed by atoms with Crippen molar-refractivity contribution in [3.8, 4) is 0 Å². The van der Waals surface area contributed by atoms with Crippen LogP contribution in [0.4, 0.5) is 5.69 Å². The Morgan fingerprint density at radius 1 is 1.21 bits per heavy atom. The van der Waals surface area contributed by atoms with Crippen molar-refractivity contribution in [3.63, 3.8) is 0 Å². The largest absolute Gasteiger partial charge is 0.343 e. The van der Waals surface area contributed by atoms with E-state index in [-0.39, 0.29) is 11.9 Å². The number of likely N-dealkylation sites (tertiary alicyclic amines) is 1. The van der Waals surface area contributed by atoms with Crippen LogP contribution >= 0.6 is 0 Å². The topological polar surface area (TPSA) is 61.4 Å². The van der Waals surface area contributed by atoms with Crippen molar-refractivity contribution in [1.29, 1.82) is 0 Å². The molecule has 24 heavy (non-hydrogen) atoms. The van der Waals surface area contributed by atoms with E-state index in [0.717, 1.165) is 51.0 Å². The molecule has 5 heteroatoms. The van der Waals surface area contributed by atoms with Crippen LogP contribution in [0.5, 0.6) is 0 Å². The van der Waals surface area contributed by atoms with Crippen molar-refractivity contribution in [3.05, 3.63) is 30.3 Å². The maximum absolute atomic E-state index is 12.0. The standard InChI is InChI=1S/C19H29N3O2/c1-16(15-18(23)21-17-9-4-2-5-10-17)20-12-8-14-22-13-7-3-6-11-19(22)24/h2,4-5,9-10,16,20H,3,6-8,11-15H2,1H3,(H,21,23)/t16-/m1/s1. The zero-order valence-electron chi connectivity index (χ0n) is 14.6. The summed E-state index contributed by atoms with van der Waals surface area (Å²) in [6.07, 6.45) is 5.38. The second-order valence-electron chi connectivity index (χ2n) is 6.52. The smallest absolute Gasteiger partial charge is 0.225 e. The molecule has 1 aliphatic rings. The van der Waals surface area contributed by atoms with Crippen LogP contribution in [-0.4, -0.2) is 42.4 Å². The summed E-state index contributed by atoms with van der Waals surface area (Å²) in [5, 5.41) is 6.27. The average molecular weight is 331 g/mol. The van der Waals surface area contributed by atoms with E-state index in [1.165, 1.54) is 0 Å². The summed E-state index contributed by atoms with van der Waals surface area (Å²) in [4.78, 5) is 25.9. The van der Waals surface area contributed by atoms with E-state index in [1.807, 2.05) is 42.2 Å². The number of benzene rings is 1. The van der Waals surface area contributed by atoms with Gasteiger partial charge in [-0.15, -0.1) is 0 Å². The molecule has 5 nitrogen and oxygen atoms in total. The third-order valence-corrected chi connectivity index (χ3v) is 4.32. The first kappa shape index (κ1) is 18.5. The lowest BCUT2D eigenvalue weighted by molar-refractivity contribution is -0.130. The van der Waals surface area contributed by atoms with Crippen LogP contribution in [-0.2, 0) is 9.59 Å². The van der Waals surface area contributed by atoms with Gasteiger partial charge in [0.1, 0.15) is 0 Å². The monoisotopic (exact) mass is 331 g/mol. The second kappa shape index (κ2) is 10.1. The molecule has 2 N–H and O–H groups in total. The van der Waals surface area contributed by atoms with E-state index < -0.39 is 0 Å². The molecule has 1 aromatic carbocycles. The van der Waals surface area contributed by atoms with Crippen molar-refractivity contribution < 1.29 is 9.59 Å². The SMILES string of the molecule is C[C@H](CC(=O)Nc1ccccc1)NCCCN1CCCCCC1=O. The fourth-order valence-corrected chi connectivity index (χ4v) is 2.98. The maximum Gasteiger partial charge on any atom is 0.225 e. The van der Waals surface area contributed by atoms with E-state index in [0.29, 0.717) is 18.7 Å². The van der Waals surface area contributed by atoms with E-state index >= 15 is 0 Å². The highest BCUT2D eigenvalue weighted by Crippen LogP contribution is 2.11. The number of amides is 2. The Hall–Kier alpha value is -1.88. The zero-order chi connectivity index (χ0) is 17.2. The van der Waals surface area contributed by atoms with Crippen LogP contribution in [0.25, 0.3) is 0 Å². The lowest BCUT2D eigenvalue weighted by atomic mass is 10.2. The van der Waals surface area contributed by atoms with Crippen LogP contribution in [0.15, 0.2) is 30.3 Å². The first-order valence-corrected chi connectivity index (χ1v) is 9.01. The number of carbonyl (C=O) groups excluding carboxylic acids is 2.